The first-order valence-corrected chi connectivity index (χ1v) is 7.87. The van der Waals surface area contributed by atoms with Crippen LogP contribution in [0.3, 0.4) is 0 Å². The van der Waals surface area contributed by atoms with E-state index in [2.05, 4.69) is 25.2 Å². The van der Waals surface area contributed by atoms with Crippen LogP contribution < -0.4 is 11.1 Å². The Hall–Kier alpha value is -1.74. The molecule has 1 aromatic heterocycles. The summed E-state index contributed by atoms with van der Waals surface area (Å²) in [6.07, 6.45) is 4.42. The SMILES string of the molecule is COC(=O)c1sc(NC2CCC(C)(C)CC2)c(C#N)c1N. The van der Waals surface area contributed by atoms with Crippen LogP contribution in [0.5, 0.6) is 0 Å². The Kier molecular flexibility index (Phi) is 4.43. The molecule has 0 aromatic carbocycles. The van der Waals surface area contributed by atoms with E-state index in [0.717, 1.165) is 25.7 Å². The lowest BCUT2D eigenvalue weighted by Crippen LogP contribution is -2.29. The number of nitriles is 1. The monoisotopic (exact) mass is 307 g/mol. The number of methoxy groups -OCH3 is 1. The summed E-state index contributed by atoms with van der Waals surface area (Å²) in [5.74, 6) is -0.494. The van der Waals surface area contributed by atoms with E-state index in [4.69, 9.17) is 10.5 Å². The molecule has 0 aliphatic heterocycles. The first-order valence-electron chi connectivity index (χ1n) is 7.05. The summed E-state index contributed by atoms with van der Waals surface area (Å²) in [7, 11) is 1.31. The van der Waals surface area contributed by atoms with Crippen LogP contribution in [0.4, 0.5) is 10.7 Å². The van der Waals surface area contributed by atoms with Crippen molar-refractivity contribution in [2.24, 2.45) is 5.41 Å². The van der Waals surface area contributed by atoms with E-state index in [1.807, 2.05) is 0 Å². The maximum absolute atomic E-state index is 11.7. The van der Waals surface area contributed by atoms with E-state index in [1.54, 1.807) is 0 Å². The number of hydrogen-bond donors (Lipinski definition) is 2. The number of nitrogen functional groups attached to an aromatic ring is 1. The van der Waals surface area contributed by atoms with E-state index < -0.39 is 5.97 Å². The smallest absolute Gasteiger partial charge is 0.350 e. The number of nitrogens with two attached hydrogens (primary N) is 1. The molecule has 0 bridgehead atoms. The van der Waals surface area contributed by atoms with E-state index in [9.17, 15) is 10.1 Å². The van der Waals surface area contributed by atoms with Crippen molar-refractivity contribution < 1.29 is 9.53 Å². The Labute approximate surface area is 129 Å². The Morgan fingerprint density at radius 2 is 2.10 bits per heavy atom. The highest BCUT2D eigenvalue weighted by atomic mass is 32.1. The number of carbonyl (C=O) groups excluding carboxylic acids is 1. The van der Waals surface area contributed by atoms with Gasteiger partial charge in [0.05, 0.1) is 12.8 Å². The first-order chi connectivity index (χ1) is 9.88. The van der Waals surface area contributed by atoms with Crippen LogP contribution in [0.1, 0.15) is 54.8 Å². The zero-order valence-electron chi connectivity index (χ0n) is 12.7. The van der Waals surface area contributed by atoms with Crippen molar-refractivity contribution in [3.05, 3.63) is 10.4 Å². The van der Waals surface area contributed by atoms with Gasteiger partial charge in [-0.3, -0.25) is 0 Å². The van der Waals surface area contributed by atoms with E-state index >= 15 is 0 Å². The fourth-order valence-electron chi connectivity index (χ4n) is 2.63. The number of nitrogens with zero attached hydrogens (tertiary/aromatic N) is 1. The summed E-state index contributed by atoms with van der Waals surface area (Å²) in [6, 6.07) is 2.41. The van der Waals surface area contributed by atoms with E-state index in [-0.39, 0.29) is 5.69 Å². The van der Waals surface area contributed by atoms with E-state index in [0.29, 0.717) is 26.9 Å². The third-order valence-electron chi connectivity index (χ3n) is 4.10. The largest absolute Gasteiger partial charge is 0.465 e. The normalized spacial score (nSPS) is 18.0. The quantitative estimate of drug-likeness (QED) is 0.836. The molecule has 6 heteroatoms. The summed E-state index contributed by atoms with van der Waals surface area (Å²) in [5.41, 5.74) is 6.84. The Bertz CT molecular complexity index is 576. The number of nitrogens with one attached hydrogen (secondary N) is 1. The van der Waals surface area contributed by atoms with Gasteiger partial charge in [0.25, 0.3) is 0 Å². The minimum atomic E-state index is -0.494. The van der Waals surface area contributed by atoms with Crippen molar-refractivity contribution in [2.45, 2.75) is 45.6 Å². The minimum Gasteiger partial charge on any atom is -0.465 e. The molecule has 0 radical (unpaired) electrons. The Morgan fingerprint density at radius 1 is 1.48 bits per heavy atom. The average Bonchev–Trinajstić information content (AvgIpc) is 2.76. The molecule has 1 saturated carbocycles. The van der Waals surface area contributed by atoms with Gasteiger partial charge in [0.1, 0.15) is 21.5 Å². The second kappa shape index (κ2) is 5.94. The maximum atomic E-state index is 11.7. The minimum absolute atomic E-state index is 0.216. The maximum Gasteiger partial charge on any atom is 0.350 e. The number of esters is 1. The highest BCUT2D eigenvalue weighted by molar-refractivity contribution is 7.18. The fraction of sp³-hybridized carbons (Fsp3) is 0.600. The molecule has 0 atom stereocenters. The third-order valence-corrected chi connectivity index (χ3v) is 5.22. The van der Waals surface area contributed by atoms with Crippen molar-refractivity contribution in [3.63, 3.8) is 0 Å². The lowest BCUT2D eigenvalue weighted by Gasteiger charge is -2.34. The summed E-state index contributed by atoms with van der Waals surface area (Å²) in [6.45, 7) is 4.56. The molecule has 5 nitrogen and oxygen atoms in total. The molecule has 0 saturated heterocycles. The third kappa shape index (κ3) is 3.30. The predicted octanol–water partition coefficient (Wildman–Crippen LogP) is 3.37. The molecule has 114 valence electrons. The van der Waals surface area contributed by atoms with Gasteiger partial charge in [-0.25, -0.2) is 4.79 Å². The van der Waals surface area contributed by atoms with Gasteiger partial charge in [0.2, 0.25) is 0 Å². The lowest BCUT2D eigenvalue weighted by molar-refractivity contribution is 0.0607. The number of hydrogen-bond acceptors (Lipinski definition) is 6. The number of ether oxygens (including phenoxy) is 1. The van der Waals surface area contributed by atoms with Crippen molar-refractivity contribution in [1.82, 2.24) is 0 Å². The van der Waals surface area contributed by atoms with Crippen LogP contribution in [0.15, 0.2) is 0 Å². The first kappa shape index (κ1) is 15.6. The highest BCUT2D eigenvalue weighted by Crippen LogP contribution is 2.40. The van der Waals surface area contributed by atoms with Gasteiger partial charge < -0.3 is 15.8 Å². The number of rotatable bonds is 3. The average molecular weight is 307 g/mol. The zero-order chi connectivity index (χ0) is 15.6. The van der Waals surface area contributed by atoms with Crippen LogP contribution in [0, 0.1) is 16.7 Å². The van der Waals surface area contributed by atoms with Gasteiger partial charge in [0, 0.05) is 6.04 Å². The van der Waals surface area contributed by atoms with Crippen molar-refractivity contribution in [2.75, 3.05) is 18.2 Å². The van der Waals surface area contributed by atoms with Crippen LogP contribution in [0.2, 0.25) is 0 Å². The van der Waals surface area contributed by atoms with Gasteiger partial charge in [-0.2, -0.15) is 5.26 Å². The van der Waals surface area contributed by atoms with Crippen molar-refractivity contribution >= 4 is 28.0 Å². The van der Waals surface area contributed by atoms with Crippen LogP contribution in [-0.2, 0) is 4.74 Å². The number of carbonyl (C=O) groups is 1. The molecule has 1 fully saturated rings. The van der Waals surface area contributed by atoms with Crippen LogP contribution in [0.25, 0.3) is 0 Å². The molecule has 0 amide bonds. The van der Waals surface area contributed by atoms with Gasteiger partial charge in [-0.1, -0.05) is 13.8 Å². The Morgan fingerprint density at radius 3 is 2.62 bits per heavy atom. The molecule has 21 heavy (non-hydrogen) atoms. The topological polar surface area (TPSA) is 88.1 Å². The second-order valence-corrected chi connectivity index (χ2v) is 7.26. The van der Waals surface area contributed by atoms with Crippen LogP contribution >= 0.6 is 11.3 Å². The predicted molar refractivity (Wildman–Crippen MR) is 84.4 cm³/mol. The molecule has 1 heterocycles. The molecular formula is C15H21N3O2S. The molecule has 3 N–H and O–H groups in total. The molecule has 2 rings (SSSR count). The second-order valence-electron chi connectivity index (χ2n) is 6.24. The molecule has 0 spiro atoms. The van der Waals surface area contributed by atoms with Gasteiger partial charge in [-0.05, 0) is 31.1 Å². The van der Waals surface area contributed by atoms with Crippen LogP contribution in [-0.4, -0.2) is 19.1 Å². The lowest BCUT2D eigenvalue weighted by atomic mass is 9.75. The summed E-state index contributed by atoms with van der Waals surface area (Å²) < 4.78 is 4.70. The summed E-state index contributed by atoms with van der Waals surface area (Å²) >= 11 is 1.20. The standard InChI is InChI=1S/C15H21N3O2S/c1-15(2)6-4-9(5-7-15)18-13-10(8-16)11(17)12(21-13)14(19)20-3/h9,18H,4-7,17H2,1-3H3. The fourth-order valence-corrected chi connectivity index (χ4v) is 3.70. The molecular weight excluding hydrogens is 286 g/mol. The van der Waals surface area contributed by atoms with E-state index in [1.165, 1.54) is 18.4 Å². The highest BCUT2D eigenvalue weighted by Gasteiger charge is 2.28. The molecule has 1 aliphatic carbocycles. The number of anilines is 2. The molecule has 0 unspecified atom stereocenters. The van der Waals surface area contributed by atoms with Crippen molar-refractivity contribution in [3.8, 4) is 6.07 Å². The van der Waals surface area contributed by atoms with Gasteiger partial charge in [0.15, 0.2) is 0 Å². The number of thiophene rings is 1. The molecule has 1 aromatic rings. The zero-order valence-corrected chi connectivity index (χ0v) is 13.5. The summed E-state index contributed by atoms with van der Waals surface area (Å²) in [4.78, 5) is 12.0. The molecule has 1 aliphatic rings. The van der Waals surface area contributed by atoms with Gasteiger partial charge >= 0.3 is 5.97 Å². The van der Waals surface area contributed by atoms with Gasteiger partial charge in [-0.15, -0.1) is 11.3 Å². The Balaban J connectivity index is 2.17. The van der Waals surface area contributed by atoms with Crippen molar-refractivity contribution in [1.29, 1.82) is 5.26 Å². The summed E-state index contributed by atoms with van der Waals surface area (Å²) in [5, 5.41) is 13.3.